The average Bonchev–Trinajstić information content (AvgIpc) is 2.92. The number of amides is 2. The van der Waals surface area contributed by atoms with Crippen LogP contribution in [-0.4, -0.2) is 73.8 Å². The van der Waals surface area contributed by atoms with Gasteiger partial charge in [0.2, 0.25) is 11.8 Å². The van der Waals surface area contributed by atoms with Gasteiger partial charge in [0, 0.05) is 43.5 Å². The molecule has 1 saturated carbocycles. The molecule has 1 aromatic rings. The molecule has 0 radical (unpaired) electrons. The Balaban J connectivity index is 1.38. The van der Waals surface area contributed by atoms with Crippen LogP contribution in [0.25, 0.3) is 0 Å². The van der Waals surface area contributed by atoms with Crippen LogP contribution in [-0.2, 0) is 14.6 Å². The second-order valence-electron chi connectivity index (χ2n) is 9.99. The van der Waals surface area contributed by atoms with Gasteiger partial charge in [-0.1, -0.05) is 18.6 Å². The van der Waals surface area contributed by atoms with Gasteiger partial charge in [-0.2, -0.15) is 0 Å². The molecule has 3 atom stereocenters. The monoisotopic (exact) mass is 461 g/mol. The van der Waals surface area contributed by atoms with Crippen molar-refractivity contribution in [3.05, 3.63) is 35.4 Å². The number of nitrogens with zero attached hydrogens (tertiary/aromatic N) is 2. The maximum atomic E-state index is 12.7. The average molecular weight is 462 g/mol. The van der Waals surface area contributed by atoms with Crippen molar-refractivity contribution < 1.29 is 18.0 Å². The molecule has 2 aliphatic heterocycles. The van der Waals surface area contributed by atoms with Gasteiger partial charge in [0.25, 0.3) is 0 Å². The first kappa shape index (κ1) is 23.2. The molecule has 0 aromatic heterocycles. The van der Waals surface area contributed by atoms with Crippen molar-refractivity contribution in [2.75, 3.05) is 31.6 Å². The normalized spacial score (nSPS) is 26.0. The van der Waals surface area contributed by atoms with Crippen molar-refractivity contribution >= 4 is 21.7 Å². The van der Waals surface area contributed by atoms with Crippen molar-refractivity contribution in [3.63, 3.8) is 0 Å². The van der Waals surface area contributed by atoms with Crippen molar-refractivity contribution in [2.45, 2.75) is 62.9 Å². The topological polar surface area (TPSA) is 101 Å². The Kier molecular flexibility index (Phi) is 6.91. The Labute approximate surface area is 191 Å². The molecule has 8 heteroatoms. The summed E-state index contributed by atoms with van der Waals surface area (Å²) in [6.45, 7) is 2.07. The third-order valence-corrected chi connectivity index (χ3v) is 8.37. The summed E-state index contributed by atoms with van der Waals surface area (Å²) < 4.78 is 23.4. The molecule has 2 N–H and O–H groups in total. The lowest BCUT2D eigenvalue weighted by molar-refractivity contribution is -0.129. The Bertz CT molecular complexity index is 946. The van der Waals surface area contributed by atoms with Crippen LogP contribution < -0.4 is 5.73 Å². The van der Waals surface area contributed by atoms with E-state index in [-0.39, 0.29) is 5.91 Å². The minimum absolute atomic E-state index is 0.259. The predicted octanol–water partition coefficient (Wildman–Crippen LogP) is 2.17. The molecule has 3 fully saturated rings. The summed E-state index contributed by atoms with van der Waals surface area (Å²) in [6, 6.07) is 8.64. The van der Waals surface area contributed by atoms with Crippen LogP contribution >= 0.6 is 0 Å². The highest BCUT2D eigenvalue weighted by Gasteiger charge is 2.41. The van der Waals surface area contributed by atoms with E-state index >= 15 is 0 Å². The molecule has 1 aliphatic carbocycles. The number of piperidine rings is 1. The number of fused-ring (bicyclic) bond motifs is 2. The first-order chi connectivity index (χ1) is 15.2. The second kappa shape index (κ2) is 9.51. The number of carbonyl (C=O) groups is 2. The highest BCUT2D eigenvalue weighted by molar-refractivity contribution is 7.91. The zero-order chi connectivity index (χ0) is 22.9. The fraction of sp³-hybridized carbons (Fsp3) is 0.667. The summed E-state index contributed by atoms with van der Waals surface area (Å²) in [5, 5.41) is 0. The highest BCUT2D eigenvalue weighted by Crippen LogP contribution is 2.43. The fourth-order valence-corrected chi connectivity index (χ4v) is 6.35. The van der Waals surface area contributed by atoms with Crippen LogP contribution in [0.4, 0.5) is 0 Å². The Hall–Kier alpha value is -1.93. The van der Waals surface area contributed by atoms with E-state index in [4.69, 9.17) is 5.73 Å². The van der Waals surface area contributed by atoms with Crippen LogP contribution in [0.2, 0.25) is 0 Å². The summed E-state index contributed by atoms with van der Waals surface area (Å²) in [6.07, 6.45) is 8.97. The number of carbonyl (C=O) groups excluding carboxylic acids is 2. The Morgan fingerprint density at radius 1 is 1.12 bits per heavy atom. The van der Waals surface area contributed by atoms with Gasteiger partial charge in [0.1, 0.15) is 5.75 Å². The lowest BCUT2D eigenvalue weighted by Crippen LogP contribution is -2.48. The van der Waals surface area contributed by atoms with Gasteiger partial charge in [-0.05, 0) is 68.1 Å². The number of hydrogen-bond acceptors (Lipinski definition) is 5. The van der Waals surface area contributed by atoms with Crippen LogP contribution in [0.5, 0.6) is 0 Å². The SMILES string of the molecule is CS(=O)(=O)CC(=O)N(CCN1[C@@H]2CC[C@H]1C[C@@H](c1cccc(C(N)=O)c1)C2)CC1CCC1. The highest BCUT2D eigenvalue weighted by atomic mass is 32.2. The van der Waals surface area contributed by atoms with Gasteiger partial charge in [0.15, 0.2) is 9.84 Å². The summed E-state index contributed by atoms with van der Waals surface area (Å²) in [5.41, 5.74) is 7.21. The number of sulfone groups is 1. The number of nitrogens with two attached hydrogens (primary N) is 1. The number of benzene rings is 1. The quantitative estimate of drug-likeness (QED) is 0.607. The zero-order valence-electron chi connectivity index (χ0n) is 18.9. The molecule has 4 rings (SSSR count). The molecule has 3 aliphatic rings. The van der Waals surface area contributed by atoms with Crippen molar-refractivity contribution in [1.29, 1.82) is 0 Å². The molecule has 0 unspecified atom stereocenters. The summed E-state index contributed by atoms with van der Waals surface area (Å²) in [5.74, 6) is -0.118. The molecular formula is C24H35N3O4S. The van der Waals surface area contributed by atoms with Crippen LogP contribution in [0.15, 0.2) is 24.3 Å². The van der Waals surface area contributed by atoms with Gasteiger partial charge in [-0.3, -0.25) is 14.5 Å². The van der Waals surface area contributed by atoms with E-state index in [1.54, 1.807) is 11.0 Å². The predicted molar refractivity (Wildman–Crippen MR) is 124 cm³/mol. The molecule has 176 valence electrons. The molecular weight excluding hydrogens is 426 g/mol. The van der Waals surface area contributed by atoms with Crippen molar-refractivity contribution in [1.82, 2.24) is 9.80 Å². The molecule has 0 spiro atoms. The second-order valence-corrected chi connectivity index (χ2v) is 12.1. The Morgan fingerprint density at radius 2 is 1.81 bits per heavy atom. The van der Waals surface area contributed by atoms with Crippen LogP contribution in [0.1, 0.15) is 66.8 Å². The van der Waals surface area contributed by atoms with E-state index in [1.807, 2.05) is 12.1 Å². The lowest BCUT2D eigenvalue weighted by Gasteiger charge is -2.41. The largest absolute Gasteiger partial charge is 0.366 e. The molecule has 7 nitrogen and oxygen atoms in total. The van der Waals surface area contributed by atoms with Gasteiger partial charge < -0.3 is 10.6 Å². The first-order valence-electron chi connectivity index (χ1n) is 11.8. The van der Waals surface area contributed by atoms with E-state index in [9.17, 15) is 18.0 Å². The number of hydrogen-bond donors (Lipinski definition) is 1. The van der Waals surface area contributed by atoms with E-state index in [0.29, 0.717) is 42.6 Å². The third-order valence-electron chi connectivity index (χ3n) is 7.60. The van der Waals surface area contributed by atoms with Crippen molar-refractivity contribution in [2.24, 2.45) is 11.7 Å². The first-order valence-corrected chi connectivity index (χ1v) is 13.9. The maximum absolute atomic E-state index is 12.7. The van der Waals surface area contributed by atoms with Gasteiger partial charge in [-0.15, -0.1) is 0 Å². The van der Waals surface area contributed by atoms with Gasteiger partial charge in [0.05, 0.1) is 0 Å². The smallest absolute Gasteiger partial charge is 0.248 e. The summed E-state index contributed by atoms with van der Waals surface area (Å²) in [7, 11) is -3.33. The molecule has 2 amide bonds. The van der Waals surface area contributed by atoms with Gasteiger partial charge in [-0.25, -0.2) is 8.42 Å². The minimum Gasteiger partial charge on any atom is -0.366 e. The molecule has 1 aromatic carbocycles. The number of primary amides is 1. The van der Waals surface area contributed by atoms with E-state index < -0.39 is 21.5 Å². The lowest BCUT2D eigenvalue weighted by atomic mass is 9.84. The molecule has 2 saturated heterocycles. The van der Waals surface area contributed by atoms with Gasteiger partial charge >= 0.3 is 0 Å². The van der Waals surface area contributed by atoms with E-state index in [1.165, 1.54) is 12.0 Å². The van der Waals surface area contributed by atoms with E-state index in [2.05, 4.69) is 11.0 Å². The zero-order valence-corrected chi connectivity index (χ0v) is 19.7. The summed E-state index contributed by atoms with van der Waals surface area (Å²) >= 11 is 0. The molecule has 32 heavy (non-hydrogen) atoms. The molecule has 2 heterocycles. The third kappa shape index (κ3) is 5.52. The maximum Gasteiger partial charge on any atom is 0.248 e. The Morgan fingerprint density at radius 3 is 2.38 bits per heavy atom. The standard InChI is InChI=1S/C24H35N3O4S/c1-32(30,31)16-23(28)26(15-17-4-2-5-17)10-11-27-21-8-9-22(27)14-20(13-21)18-6-3-7-19(12-18)24(25)29/h3,6-7,12,17,20-22H,2,4-5,8-11,13-16H2,1H3,(H2,25,29)/t20-,21+,22-. The van der Waals surface area contributed by atoms with Crippen molar-refractivity contribution in [3.8, 4) is 0 Å². The summed E-state index contributed by atoms with van der Waals surface area (Å²) in [4.78, 5) is 28.6. The van der Waals surface area contributed by atoms with E-state index in [0.717, 1.165) is 51.3 Å². The number of rotatable bonds is 9. The minimum atomic E-state index is -3.33. The fourth-order valence-electron chi connectivity index (χ4n) is 5.71. The van der Waals surface area contributed by atoms with Crippen LogP contribution in [0, 0.1) is 5.92 Å². The van der Waals surface area contributed by atoms with Crippen LogP contribution in [0.3, 0.4) is 0 Å². The molecule has 2 bridgehead atoms.